The van der Waals surface area contributed by atoms with Crippen LogP contribution in [0.1, 0.15) is 40.7 Å². The van der Waals surface area contributed by atoms with Crippen LogP contribution in [0.3, 0.4) is 0 Å². The average Bonchev–Trinajstić information content (AvgIpc) is 3.33. The first-order chi connectivity index (χ1) is 14.7. The Bertz CT molecular complexity index is 1080. The van der Waals surface area contributed by atoms with Gasteiger partial charge in [0.05, 0.1) is 11.3 Å². The number of amides is 1. The van der Waals surface area contributed by atoms with Crippen LogP contribution in [0.5, 0.6) is 0 Å². The summed E-state index contributed by atoms with van der Waals surface area (Å²) in [6, 6.07) is 10.1. The van der Waals surface area contributed by atoms with Crippen molar-refractivity contribution in [3.63, 3.8) is 0 Å². The summed E-state index contributed by atoms with van der Waals surface area (Å²) in [7, 11) is 0. The standard InChI is InChI=1S/C24H25N5O/c1-17-6-7-21-19(15-17)5-4-14-29(21)23(30)20-16-26-24(28-12-2-3-13-28)27-22(20)18-8-10-25-11-9-18/h6-11,15-16H,2-5,12-14H2,1H3. The molecule has 0 spiro atoms. The minimum Gasteiger partial charge on any atom is -0.341 e. The van der Waals surface area contributed by atoms with E-state index in [1.807, 2.05) is 17.0 Å². The molecule has 1 saturated heterocycles. The van der Waals surface area contributed by atoms with Crippen LogP contribution in [0, 0.1) is 6.92 Å². The topological polar surface area (TPSA) is 62.2 Å². The smallest absolute Gasteiger partial charge is 0.262 e. The van der Waals surface area contributed by atoms with E-state index in [1.165, 1.54) is 11.1 Å². The zero-order valence-electron chi connectivity index (χ0n) is 17.2. The molecule has 0 atom stereocenters. The molecule has 0 unspecified atom stereocenters. The number of aromatic nitrogens is 3. The molecule has 0 aliphatic carbocycles. The summed E-state index contributed by atoms with van der Waals surface area (Å²) in [4.78, 5) is 31.3. The third-order valence-corrected chi connectivity index (χ3v) is 5.95. The number of hydrogen-bond donors (Lipinski definition) is 0. The molecule has 0 saturated carbocycles. The van der Waals surface area contributed by atoms with Gasteiger partial charge in [-0.05, 0) is 56.4 Å². The summed E-state index contributed by atoms with van der Waals surface area (Å²) in [5, 5.41) is 0. The first-order valence-corrected chi connectivity index (χ1v) is 10.6. The van der Waals surface area contributed by atoms with Gasteiger partial charge < -0.3 is 9.80 Å². The van der Waals surface area contributed by atoms with E-state index >= 15 is 0 Å². The normalized spacial score (nSPS) is 15.9. The Balaban J connectivity index is 1.58. The molecule has 1 amide bonds. The van der Waals surface area contributed by atoms with Crippen molar-refractivity contribution in [2.75, 3.05) is 29.4 Å². The molecule has 3 aromatic rings. The Kier molecular flexibility index (Phi) is 4.91. The van der Waals surface area contributed by atoms with Gasteiger partial charge in [-0.25, -0.2) is 9.97 Å². The molecule has 0 radical (unpaired) electrons. The molecule has 2 aromatic heterocycles. The van der Waals surface area contributed by atoms with Crippen molar-refractivity contribution in [1.82, 2.24) is 15.0 Å². The van der Waals surface area contributed by atoms with Gasteiger partial charge in [-0.2, -0.15) is 0 Å². The lowest BCUT2D eigenvalue weighted by Gasteiger charge is -2.30. The molecule has 30 heavy (non-hydrogen) atoms. The zero-order chi connectivity index (χ0) is 20.5. The summed E-state index contributed by atoms with van der Waals surface area (Å²) < 4.78 is 0. The Morgan fingerprint density at radius 2 is 1.80 bits per heavy atom. The summed E-state index contributed by atoms with van der Waals surface area (Å²) in [5.74, 6) is 0.658. The van der Waals surface area contributed by atoms with E-state index in [2.05, 4.69) is 40.0 Å². The summed E-state index contributed by atoms with van der Waals surface area (Å²) >= 11 is 0. The molecule has 5 rings (SSSR count). The van der Waals surface area contributed by atoms with E-state index in [1.54, 1.807) is 18.6 Å². The van der Waals surface area contributed by atoms with Crippen molar-refractivity contribution in [2.45, 2.75) is 32.6 Å². The van der Waals surface area contributed by atoms with Crippen LogP contribution in [-0.2, 0) is 6.42 Å². The fourth-order valence-corrected chi connectivity index (χ4v) is 4.41. The molecule has 0 N–H and O–H groups in total. The van der Waals surface area contributed by atoms with Gasteiger partial charge in [0.25, 0.3) is 5.91 Å². The second kappa shape index (κ2) is 7.86. The number of hydrogen-bond acceptors (Lipinski definition) is 5. The predicted octanol–water partition coefficient (Wildman–Crippen LogP) is 4.04. The number of anilines is 2. The van der Waals surface area contributed by atoms with Gasteiger partial charge >= 0.3 is 0 Å². The Morgan fingerprint density at radius 3 is 2.60 bits per heavy atom. The monoisotopic (exact) mass is 399 g/mol. The number of aryl methyl sites for hydroxylation is 2. The van der Waals surface area contributed by atoms with E-state index in [-0.39, 0.29) is 5.91 Å². The lowest BCUT2D eigenvalue weighted by atomic mass is 9.98. The molecule has 4 heterocycles. The highest BCUT2D eigenvalue weighted by Crippen LogP contribution is 2.32. The maximum Gasteiger partial charge on any atom is 0.262 e. The average molecular weight is 399 g/mol. The van der Waals surface area contributed by atoms with Crippen LogP contribution in [0.25, 0.3) is 11.3 Å². The highest BCUT2D eigenvalue weighted by molar-refractivity contribution is 6.10. The second-order valence-corrected chi connectivity index (χ2v) is 8.05. The van der Waals surface area contributed by atoms with Gasteiger partial charge in [-0.15, -0.1) is 0 Å². The van der Waals surface area contributed by atoms with Crippen LogP contribution < -0.4 is 9.80 Å². The van der Waals surface area contributed by atoms with Crippen molar-refractivity contribution >= 4 is 17.5 Å². The minimum absolute atomic E-state index is 0.0420. The first kappa shape index (κ1) is 18.7. The number of pyridine rings is 1. The van der Waals surface area contributed by atoms with Gasteiger partial charge in [0, 0.05) is 49.5 Å². The van der Waals surface area contributed by atoms with Crippen molar-refractivity contribution in [2.24, 2.45) is 0 Å². The maximum atomic E-state index is 13.7. The minimum atomic E-state index is -0.0420. The van der Waals surface area contributed by atoms with Crippen LogP contribution in [0.4, 0.5) is 11.6 Å². The Labute approximate surface area is 176 Å². The van der Waals surface area contributed by atoms with Gasteiger partial charge in [0.15, 0.2) is 0 Å². The molecular formula is C24H25N5O. The zero-order valence-corrected chi connectivity index (χ0v) is 17.2. The fraction of sp³-hybridized carbons (Fsp3) is 0.333. The number of fused-ring (bicyclic) bond motifs is 1. The highest BCUT2D eigenvalue weighted by Gasteiger charge is 2.27. The molecule has 2 aliphatic rings. The molecular weight excluding hydrogens is 374 g/mol. The SMILES string of the molecule is Cc1ccc2c(c1)CCCN2C(=O)c1cnc(N2CCCC2)nc1-c1ccncc1. The predicted molar refractivity (Wildman–Crippen MR) is 118 cm³/mol. The third-order valence-electron chi connectivity index (χ3n) is 5.95. The number of benzene rings is 1. The van der Waals surface area contributed by atoms with Crippen LogP contribution in [0.2, 0.25) is 0 Å². The van der Waals surface area contributed by atoms with Gasteiger partial charge in [0.1, 0.15) is 0 Å². The van der Waals surface area contributed by atoms with E-state index in [0.29, 0.717) is 23.8 Å². The van der Waals surface area contributed by atoms with Gasteiger partial charge in [-0.1, -0.05) is 17.7 Å². The van der Waals surface area contributed by atoms with Crippen LogP contribution in [-0.4, -0.2) is 40.5 Å². The van der Waals surface area contributed by atoms with Crippen LogP contribution >= 0.6 is 0 Å². The maximum absolute atomic E-state index is 13.7. The van der Waals surface area contributed by atoms with E-state index in [0.717, 1.165) is 50.0 Å². The highest BCUT2D eigenvalue weighted by atomic mass is 16.2. The van der Waals surface area contributed by atoms with Crippen molar-refractivity contribution in [3.05, 3.63) is 65.6 Å². The summed E-state index contributed by atoms with van der Waals surface area (Å²) in [6.07, 6.45) is 9.45. The van der Waals surface area contributed by atoms with Crippen molar-refractivity contribution in [3.8, 4) is 11.3 Å². The Morgan fingerprint density at radius 1 is 1.00 bits per heavy atom. The molecule has 1 fully saturated rings. The summed E-state index contributed by atoms with van der Waals surface area (Å²) in [6.45, 7) is 4.72. The van der Waals surface area contributed by atoms with Crippen molar-refractivity contribution < 1.29 is 4.79 Å². The molecule has 152 valence electrons. The second-order valence-electron chi connectivity index (χ2n) is 8.05. The molecule has 6 nitrogen and oxygen atoms in total. The Hall–Kier alpha value is -3.28. The quantitative estimate of drug-likeness (QED) is 0.665. The third kappa shape index (κ3) is 3.43. The largest absolute Gasteiger partial charge is 0.341 e. The first-order valence-electron chi connectivity index (χ1n) is 10.6. The number of carbonyl (C=O) groups is 1. The van der Waals surface area contributed by atoms with Crippen LogP contribution in [0.15, 0.2) is 48.9 Å². The van der Waals surface area contributed by atoms with Gasteiger partial charge in [-0.3, -0.25) is 9.78 Å². The number of nitrogens with zero attached hydrogens (tertiary/aromatic N) is 5. The summed E-state index contributed by atoms with van der Waals surface area (Å²) in [5.41, 5.74) is 5.56. The fourth-order valence-electron chi connectivity index (χ4n) is 4.41. The number of rotatable bonds is 3. The lowest BCUT2D eigenvalue weighted by molar-refractivity contribution is 0.0985. The van der Waals surface area contributed by atoms with E-state index in [4.69, 9.17) is 4.98 Å². The van der Waals surface area contributed by atoms with Gasteiger partial charge in [0.2, 0.25) is 5.95 Å². The molecule has 1 aromatic carbocycles. The molecule has 6 heteroatoms. The molecule has 0 bridgehead atoms. The molecule has 2 aliphatic heterocycles. The van der Waals surface area contributed by atoms with E-state index < -0.39 is 0 Å². The lowest BCUT2D eigenvalue weighted by Crippen LogP contribution is -2.36. The van der Waals surface area contributed by atoms with E-state index in [9.17, 15) is 4.79 Å². The van der Waals surface area contributed by atoms with Crippen molar-refractivity contribution in [1.29, 1.82) is 0 Å². The number of carbonyl (C=O) groups excluding carboxylic acids is 1.